The third kappa shape index (κ3) is 2.10. The zero-order valence-corrected chi connectivity index (χ0v) is 9.31. The van der Waals surface area contributed by atoms with Crippen LogP contribution < -0.4 is 5.32 Å². The monoisotopic (exact) mass is 208 g/mol. The molecule has 1 aliphatic rings. The number of hydrogen-bond donors (Lipinski definition) is 1. The summed E-state index contributed by atoms with van der Waals surface area (Å²) < 4.78 is 0. The molecule has 0 aromatic carbocycles. The molecule has 1 fully saturated rings. The molecule has 0 bridgehead atoms. The van der Waals surface area contributed by atoms with Crippen molar-refractivity contribution in [2.45, 2.75) is 30.8 Å². The maximum absolute atomic E-state index is 4.44. The van der Waals surface area contributed by atoms with Crippen LogP contribution >= 0.6 is 11.8 Å². The number of rotatable bonds is 3. The van der Waals surface area contributed by atoms with E-state index >= 15 is 0 Å². The molecule has 0 amide bonds. The van der Waals surface area contributed by atoms with E-state index in [0.717, 1.165) is 12.3 Å². The smallest absolute Gasteiger partial charge is 0.101 e. The summed E-state index contributed by atoms with van der Waals surface area (Å²) >= 11 is 1.84. The van der Waals surface area contributed by atoms with Crippen LogP contribution in [0.2, 0.25) is 0 Å². The molecule has 0 saturated carbocycles. The number of aromatic nitrogens is 1. The fraction of sp³-hybridized carbons (Fsp3) is 0.545. The van der Waals surface area contributed by atoms with E-state index in [-0.39, 0.29) is 0 Å². The summed E-state index contributed by atoms with van der Waals surface area (Å²) in [4.78, 5) is 4.44. The van der Waals surface area contributed by atoms with E-state index in [1.807, 2.05) is 24.0 Å². The average Bonchev–Trinajstić information content (AvgIpc) is 2.72. The van der Waals surface area contributed by atoms with Crippen molar-refractivity contribution in [3.8, 4) is 0 Å². The second kappa shape index (κ2) is 4.80. The normalized spacial score (nSPS) is 21.4. The number of nitrogens with one attached hydrogen (secondary N) is 1. The predicted octanol–water partition coefficient (Wildman–Crippen LogP) is 2.62. The molecular weight excluding hydrogens is 192 g/mol. The molecule has 2 nitrogen and oxygen atoms in total. The topological polar surface area (TPSA) is 24.9 Å². The van der Waals surface area contributed by atoms with Gasteiger partial charge in [-0.3, -0.25) is 0 Å². The van der Waals surface area contributed by atoms with Crippen molar-refractivity contribution < 1.29 is 0 Å². The molecule has 0 spiro atoms. The molecule has 1 aromatic heterocycles. The lowest BCUT2D eigenvalue weighted by Crippen LogP contribution is -2.14. The van der Waals surface area contributed by atoms with Crippen LogP contribution in [-0.2, 0) is 0 Å². The Hall–Kier alpha value is -0.540. The molecular formula is C11H16N2S. The molecule has 1 aromatic rings. The lowest BCUT2D eigenvalue weighted by Gasteiger charge is -2.13. The minimum Gasteiger partial charge on any atom is -0.310 e. The fourth-order valence-corrected chi connectivity index (χ4v) is 2.66. The van der Waals surface area contributed by atoms with Gasteiger partial charge in [0.2, 0.25) is 0 Å². The lowest BCUT2D eigenvalue weighted by atomic mass is 10.1. The van der Waals surface area contributed by atoms with Gasteiger partial charge in [-0.1, -0.05) is 13.0 Å². The van der Waals surface area contributed by atoms with Gasteiger partial charge in [0.25, 0.3) is 0 Å². The molecule has 76 valence electrons. The summed E-state index contributed by atoms with van der Waals surface area (Å²) in [6.07, 6.45) is 4.43. The second-order valence-electron chi connectivity index (χ2n) is 3.48. The molecule has 3 heteroatoms. The molecule has 2 rings (SSSR count). The van der Waals surface area contributed by atoms with Crippen LogP contribution in [-0.4, -0.2) is 17.3 Å². The third-order valence-corrected chi connectivity index (χ3v) is 3.42. The average molecular weight is 208 g/mol. The Morgan fingerprint density at radius 1 is 1.64 bits per heavy atom. The Bertz CT molecular complexity index is 295. The Morgan fingerprint density at radius 3 is 3.29 bits per heavy atom. The molecule has 2 heterocycles. The van der Waals surface area contributed by atoms with Gasteiger partial charge in [-0.15, -0.1) is 11.8 Å². The van der Waals surface area contributed by atoms with Crippen LogP contribution in [0.5, 0.6) is 0 Å². The number of hydrogen-bond acceptors (Lipinski definition) is 3. The first-order valence-electron chi connectivity index (χ1n) is 5.23. The second-order valence-corrected chi connectivity index (χ2v) is 4.73. The molecule has 1 aliphatic heterocycles. The molecule has 1 N–H and O–H groups in total. The highest BCUT2D eigenvalue weighted by Crippen LogP contribution is 2.29. The Balaban J connectivity index is 2.21. The molecule has 1 atom stereocenters. The van der Waals surface area contributed by atoms with Crippen LogP contribution in [0.4, 0.5) is 0 Å². The first-order valence-corrected chi connectivity index (χ1v) is 6.21. The summed E-state index contributed by atoms with van der Waals surface area (Å²) in [5.41, 5.74) is 1.39. The molecule has 0 unspecified atom stereocenters. The minimum absolute atomic E-state index is 0.540. The number of thioether (sulfide) groups is 1. The van der Waals surface area contributed by atoms with Crippen molar-refractivity contribution in [1.82, 2.24) is 10.3 Å². The van der Waals surface area contributed by atoms with Crippen molar-refractivity contribution >= 4 is 11.8 Å². The van der Waals surface area contributed by atoms with Crippen molar-refractivity contribution in [2.75, 3.05) is 12.3 Å². The molecule has 14 heavy (non-hydrogen) atoms. The van der Waals surface area contributed by atoms with E-state index in [1.165, 1.54) is 23.4 Å². The summed E-state index contributed by atoms with van der Waals surface area (Å²) in [6, 6.07) is 4.78. The van der Waals surface area contributed by atoms with Crippen molar-refractivity contribution in [2.24, 2.45) is 0 Å². The first kappa shape index (κ1) is 9.99. The minimum atomic E-state index is 0.540. The van der Waals surface area contributed by atoms with E-state index in [2.05, 4.69) is 23.3 Å². The first-order chi connectivity index (χ1) is 6.92. The quantitative estimate of drug-likeness (QED) is 0.773. The van der Waals surface area contributed by atoms with E-state index in [4.69, 9.17) is 0 Å². The summed E-state index contributed by atoms with van der Waals surface area (Å²) in [5, 5.41) is 4.72. The van der Waals surface area contributed by atoms with Crippen molar-refractivity contribution in [1.29, 1.82) is 0 Å². The van der Waals surface area contributed by atoms with Crippen LogP contribution in [0.3, 0.4) is 0 Å². The van der Waals surface area contributed by atoms with Gasteiger partial charge in [-0.05, 0) is 31.2 Å². The van der Waals surface area contributed by atoms with Gasteiger partial charge in [0.1, 0.15) is 5.03 Å². The molecule has 1 saturated heterocycles. The molecule has 0 radical (unpaired) electrons. The van der Waals surface area contributed by atoms with Gasteiger partial charge < -0.3 is 5.32 Å². The van der Waals surface area contributed by atoms with Gasteiger partial charge in [-0.25, -0.2) is 4.98 Å². The van der Waals surface area contributed by atoms with Gasteiger partial charge in [0, 0.05) is 17.8 Å². The van der Waals surface area contributed by atoms with Crippen LogP contribution in [0.1, 0.15) is 31.4 Å². The van der Waals surface area contributed by atoms with Gasteiger partial charge in [0.15, 0.2) is 0 Å². The Labute approximate surface area is 89.5 Å². The van der Waals surface area contributed by atoms with E-state index < -0.39 is 0 Å². The van der Waals surface area contributed by atoms with Crippen molar-refractivity contribution in [3.05, 3.63) is 23.9 Å². The highest BCUT2D eigenvalue weighted by Gasteiger charge is 2.19. The standard InChI is InChI=1S/C11H16N2S/c1-2-14-11-9(5-3-8-13-11)10-6-4-7-12-10/h3,5,8,10,12H,2,4,6-7H2,1H3/t10-/m0/s1. The SMILES string of the molecule is CCSc1ncccc1[C@@H]1CCCN1. The van der Waals surface area contributed by atoms with Gasteiger partial charge >= 0.3 is 0 Å². The highest BCUT2D eigenvalue weighted by molar-refractivity contribution is 7.99. The lowest BCUT2D eigenvalue weighted by molar-refractivity contribution is 0.629. The molecule has 0 aliphatic carbocycles. The zero-order chi connectivity index (χ0) is 9.80. The predicted molar refractivity (Wildman–Crippen MR) is 60.6 cm³/mol. The van der Waals surface area contributed by atoms with E-state index in [0.29, 0.717) is 6.04 Å². The maximum Gasteiger partial charge on any atom is 0.101 e. The van der Waals surface area contributed by atoms with E-state index in [1.54, 1.807) is 0 Å². The largest absolute Gasteiger partial charge is 0.310 e. The number of pyridine rings is 1. The van der Waals surface area contributed by atoms with E-state index in [9.17, 15) is 0 Å². The van der Waals surface area contributed by atoms with Gasteiger partial charge in [0.05, 0.1) is 0 Å². The number of nitrogens with zero attached hydrogens (tertiary/aromatic N) is 1. The third-order valence-electron chi connectivity index (χ3n) is 2.52. The Morgan fingerprint density at radius 2 is 2.57 bits per heavy atom. The van der Waals surface area contributed by atoms with Crippen LogP contribution in [0, 0.1) is 0 Å². The zero-order valence-electron chi connectivity index (χ0n) is 8.49. The maximum atomic E-state index is 4.44. The van der Waals surface area contributed by atoms with Gasteiger partial charge in [-0.2, -0.15) is 0 Å². The highest BCUT2D eigenvalue weighted by atomic mass is 32.2. The summed E-state index contributed by atoms with van der Waals surface area (Å²) in [5.74, 6) is 1.09. The summed E-state index contributed by atoms with van der Waals surface area (Å²) in [7, 11) is 0. The van der Waals surface area contributed by atoms with Crippen LogP contribution in [0.25, 0.3) is 0 Å². The Kier molecular flexibility index (Phi) is 3.43. The summed E-state index contributed by atoms with van der Waals surface area (Å²) in [6.45, 7) is 3.32. The fourth-order valence-electron chi connectivity index (χ4n) is 1.88. The van der Waals surface area contributed by atoms with Crippen LogP contribution in [0.15, 0.2) is 23.4 Å². The van der Waals surface area contributed by atoms with Crippen molar-refractivity contribution in [3.63, 3.8) is 0 Å².